The molecule has 4 heteroatoms. The van der Waals surface area contributed by atoms with E-state index >= 15 is 0 Å². The van der Waals surface area contributed by atoms with Crippen LogP contribution in [0.2, 0.25) is 0 Å². The summed E-state index contributed by atoms with van der Waals surface area (Å²) in [5.74, 6) is 0.867. The van der Waals surface area contributed by atoms with Gasteiger partial charge in [-0.3, -0.25) is 0 Å². The van der Waals surface area contributed by atoms with Gasteiger partial charge >= 0.3 is 0 Å². The fraction of sp³-hybridized carbons (Fsp3) is 0.200. The van der Waals surface area contributed by atoms with Crippen molar-refractivity contribution < 1.29 is 4.74 Å². The molecule has 100 valence electrons. The molecule has 0 aliphatic carbocycles. The van der Waals surface area contributed by atoms with E-state index in [1.54, 1.807) is 0 Å². The van der Waals surface area contributed by atoms with Crippen molar-refractivity contribution in [1.29, 1.82) is 0 Å². The van der Waals surface area contributed by atoms with Crippen molar-refractivity contribution in [3.63, 3.8) is 0 Å². The highest BCUT2D eigenvalue weighted by Gasteiger charge is 2.12. The van der Waals surface area contributed by atoms with Crippen LogP contribution >= 0.6 is 31.9 Å². The maximum absolute atomic E-state index is 6.32. The molecule has 0 radical (unpaired) electrons. The normalized spacial score (nSPS) is 12.2. The molecule has 0 saturated carbocycles. The lowest BCUT2D eigenvalue weighted by molar-refractivity contribution is 0.340. The summed E-state index contributed by atoms with van der Waals surface area (Å²) in [4.78, 5) is 0. The number of rotatable bonds is 4. The van der Waals surface area contributed by atoms with Crippen LogP contribution in [0.4, 0.5) is 0 Å². The molecule has 0 aromatic heterocycles. The molecular formula is C15H15Br2NO. The second kappa shape index (κ2) is 6.55. The highest BCUT2D eigenvalue weighted by atomic mass is 79.9. The van der Waals surface area contributed by atoms with Gasteiger partial charge in [0.2, 0.25) is 0 Å². The van der Waals surface area contributed by atoms with Crippen molar-refractivity contribution in [2.45, 2.75) is 13.0 Å². The highest BCUT2D eigenvalue weighted by Crippen LogP contribution is 2.30. The second-order valence-electron chi connectivity index (χ2n) is 4.15. The van der Waals surface area contributed by atoms with Gasteiger partial charge in [0.25, 0.3) is 0 Å². The quantitative estimate of drug-likeness (QED) is 0.831. The van der Waals surface area contributed by atoms with Gasteiger partial charge in [-0.15, -0.1) is 0 Å². The first kappa shape index (κ1) is 14.6. The van der Waals surface area contributed by atoms with Crippen molar-refractivity contribution in [3.8, 4) is 5.75 Å². The van der Waals surface area contributed by atoms with Gasteiger partial charge in [0, 0.05) is 8.95 Å². The van der Waals surface area contributed by atoms with Gasteiger partial charge < -0.3 is 10.5 Å². The minimum atomic E-state index is -0.164. The average molecular weight is 385 g/mol. The molecule has 0 spiro atoms. The Hall–Kier alpha value is -0.840. The Labute approximate surface area is 130 Å². The Morgan fingerprint density at radius 3 is 2.42 bits per heavy atom. The molecule has 0 aliphatic heterocycles. The highest BCUT2D eigenvalue weighted by molar-refractivity contribution is 9.11. The van der Waals surface area contributed by atoms with Crippen LogP contribution in [0, 0.1) is 0 Å². The number of nitrogens with two attached hydrogens (primary N) is 1. The van der Waals surface area contributed by atoms with E-state index in [1.165, 1.54) is 0 Å². The zero-order valence-electron chi connectivity index (χ0n) is 10.6. The van der Waals surface area contributed by atoms with E-state index < -0.39 is 0 Å². The molecule has 2 N–H and O–H groups in total. The molecule has 2 aromatic rings. The molecule has 2 rings (SSSR count). The van der Waals surface area contributed by atoms with E-state index in [1.807, 2.05) is 49.4 Å². The summed E-state index contributed by atoms with van der Waals surface area (Å²) in [5, 5.41) is 0. The van der Waals surface area contributed by atoms with Gasteiger partial charge in [0.1, 0.15) is 5.75 Å². The lowest BCUT2D eigenvalue weighted by Gasteiger charge is -2.15. The van der Waals surface area contributed by atoms with Gasteiger partial charge in [-0.1, -0.05) is 44.0 Å². The fourth-order valence-corrected chi connectivity index (χ4v) is 2.74. The van der Waals surface area contributed by atoms with Gasteiger partial charge in [0.15, 0.2) is 0 Å². The Kier molecular flexibility index (Phi) is 5.02. The predicted octanol–water partition coefficient (Wildman–Crippen LogP) is 4.66. The number of hydrogen-bond acceptors (Lipinski definition) is 2. The minimum Gasteiger partial charge on any atom is -0.494 e. The standard InChI is InChI=1S/C15H15Br2NO/c1-2-19-12-6-3-10(4-7-12)15(18)13-9-11(16)5-8-14(13)17/h3-9,15H,2,18H2,1H3. The van der Waals surface area contributed by atoms with E-state index in [-0.39, 0.29) is 6.04 Å². The Morgan fingerprint density at radius 1 is 1.11 bits per heavy atom. The molecule has 2 nitrogen and oxygen atoms in total. The third-order valence-corrected chi connectivity index (χ3v) is 4.06. The summed E-state index contributed by atoms with van der Waals surface area (Å²) in [5.41, 5.74) is 8.43. The van der Waals surface area contributed by atoms with E-state index in [0.717, 1.165) is 25.8 Å². The third kappa shape index (κ3) is 3.59. The molecule has 1 atom stereocenters. The van der Waals surface area contributed by atoms with Crippen LogP contribution in [0.25, 0.3) is 0 Å². The van der Waals surface area contributed by atoms with E-state index in [9.17, 15) is 0 Å². The predicted molar refractivity (Wildman–Crippen MR) is 85.5 cm³/mol. The van der Waals surface area contributed by atoms with Crippen LogP contribution in [-0.2, 0) is 0 Å². The van der Waals surface area contributed by atoms with Crippen molar-refractivity contribution in [3.05, 3.63) is 62.5 Å². The van der Waals surface area contributed by atoms with E-state index in [2.05, 4.69) is 31.9 Å². The molecule has 0 bridgehead atoms. The maximum Gasteiger partial charge on any atom is 0.119 e. The summed E-state index contributed by atoms with van der Waals surface area (Å²) in [6, 6.07) is 13.8. The molecule has 0 heterocycles. The summed E-state index contributed by atoms with van der Waals surface area (Å²) in [7, 11) is 0. The molecule has 0 amide bonds. The number of hydrogen-bond donors (Lipinski definition) is 1. The fourth-order valence-electron chi connectivity index (χ4n) is 1.87. The number of benzene rings is 2. The Balaban J connectivity index is 2.27. The Morgan fingerprint density at radius 2 is 1.79 bits per heavy atom. The lowest BCUT2D eigenvalue weighted by Crippen LogP contribution is -2.12. The maximum atomic E-state index is 6.32. The zero-order chi connectivity index (χ0) is 13.8. The van der Waals surface area contributed by atoms with E-state index in [0.29, 0.717) is 6.61 Å². The van der Waals surface area contributed by atoms with Gasteiger partial charge in [0.05, 0.1) is 12.6 Å². The summed E-state index contributed by atoms with van der Waals surface area (Å²) in [6.45, 7) is 2.64. The first-order valence-corrected chi connectivity index (χ1v) is 7.63. The summed E-state index contributed by atoms with van der Waals surface area (Å²) in [6.07, 6.45) is 0. The topological polar surface area (TPSA) is 35.2 Å². The third-order valence-electron chi connectivity index (χ3n) is 2.84. The smallest absolute Gasteiger partial charge is 0.119 e. The SMILES string of the molecule is CCOc1ccc(C(N)c2cc(Br)ccc2Br)cc1. The van der Waals surface area contributed by atoms with E-state index in [4.69, 9.17) is 10.5 Å². The Bertz CT molecular complexity index is 555. The largest absolute Gasteiger partial charge is 0.494 e. The lowest BCUT2D eigenvalue weighted by atomic mass is 10.00. The number of ether oxygens (including phenoxy) is 1. The summed E-state index contributed by atoms with van der Waals surface area (Å²) >= 11 is 7.02. The molecule has 1 unspecified atom stereocenters. The van der Waals surface area contributed by atoms with Crippen molar-refractivity contribution in [2.24, 2.45) is 5.73 Å². The van der Waals surface area contributed by atoms with Crippen LogP contribution < -0.4 is 10.5 Å². The second-order valence-corrected chi connectivity index (χ2v) is 5.92. The van der Waals surface area contributed by atoms with Crippen molar-refractivity contribution in [2.75, 3.05) is 6.61 Å². The van der Waals surface area contributed by atoms with Crippen molar-refractivity contribution >= 4 is 31.9 Å². The van der Waals surface area contributed by atoms with Crippen LogP contribution in [0.3, 0.4) is 0 Å². The zero-order valence-corrected chi connectivity index (χ0v) is 13.7. The van der Waals surface area contributed by atoms with Crippen molar-refractivity contribution in [1.82, 2.24) is 0 Å². The van der Waals surface area contributed by atoms with Crippen LogP contribution in [0.1, 0.15) is 24.1 Å². The minimum absolute atomic E-state index is 0.164. The van der Waals surface area contributed by atoms with Crippen LogP contribution in [0.15, 0.2) is 51.4 Å². The molecule has 2 aromatic carbocycles. The monoisotopic (exact) mass is 383 g/mol. The summed E-state index contributed by atoms with van der Waals surface area (Å²) < 4.78 is 7.46. The molecule has 19 heavy (non-hydrogen) atoms. The van der Waals surface area contributed by atoms with Gasteiger partial charge in [-0.25, -0.2) is 0 Å². The first-order chi connectivity index (χ1) is 9.11. The average Bonchev–Trinajstić information content (AvgIpc) is 2.42. The van der Waals surface area contributed by atoms with Crippen LogP contribution in [-0.4, -0.2) is 6.61 Å². The van der Waals surface area contributed by atoms with Crippen LogP contribution in [0.5, 0.6) is 5.75 Å². The molecule has 0 aliphatic rings. The molecule has 0 fully saturated rings. The molecular weight excluding hydrogens is 370 g/mol. The van der Waals surface area contributed by atoms with Gasteiger partial charge in [-0.2, -0.15) is 0 Å². The number of halogens is 2. The molecule has 0 saturated heterocycles. The first-order valence-electron chi connectivity index (χ1n) is 6.05. The van der Waals surface area contributed by atoms with Gasteiger partial charge in [-0.05, 0) is 48.4 Å².